The maximum atomic E-state index is 12.4. The standard InChI is InChI=1S/C16H15ClN6O3/c1-2-22-15(13(9-18-22)23(25)26)16(24)19-14-6-7-21(20-14)10-11-4-3-5-12(17)8-11/h3-9H,2,10H2,1H3,(H,19,20,24). The number of aryl methyl sites for hydroxylation is 1. The SMILES string of the molecule is CCn1ncc([N+](=O)[O-])c1C(=O)Nc1ccn(Cc2cccc(Cl)c2)n1. The summed E-state index contributed by atoms with van der Waals surface area (Å²) in [6.45, 7) is 2.55. The van der Waals surface area contributed by atoms with Crippen LogP contribution in [-0.4, -0.2) is 30.4 Å². The molecule has 0 spiro atoms. The molecular weight excluding hydrogens is 360 g/mol. The largest absolute Gasteiger partial charge is 0.320 e. The number of carbonyl (C=O) groups is 1. The fourth-order valence-corrected chi connectivity index (χ4v) is 2.71. The molecule has 1 aromatic carbocycles. The van der Waals surface area contributed by atoms with Crippen LogP contribution in [-0.2, 0) is 13.1 Å². The fraction of sp³-hybridized carbons (Fsp3) is 0.188. The summed E-state index contributed by atoms with van der Waals surface area (Å²) in [5.41, 5.74) is 0.503. The van der Waals surface area contributed by atoms with Gasteiger partial charge in [0.15, 0.2) is 5.82 Å². The zero-order valence-electron chi connectivity index (χ0n) is 13.8. The topological polar surface area (TPSA) is 108 Å². The van der Waals surface area contributed by atoms with E-state index in [0.717, 1.165) is 11.8 Å². The molecule has 0 radical (unpaired) electrons. The first-order chi connectivity index (χ1) is 12.5. The van der Waals surface area contributed by atoms with Crippen LogP contribution in [0.2, 0.25) is 5.02 Å². The smallest absolute Gasteiger partial charge is 0.304 e. The van der Waals surface area contributed by atoms with Crippen LogP contribution in [0.4, 0.5) is 11.5 Å². The van der Waals surface area contributed by atoms with E-state index in [9.17, 15) is 14.9 Å². The van der Waals surface area contributed by atoms with Gasteiger partial charge in [-0.15, -0.1) is 0 Å². The molecule has 10 heteroatoms. The number of halogens is 1. The number of nitro groups is 1. The summed E-state index contributed by atoms with van der Waals surface area (Å²) in [5, 5.41) is 22.4. The third-order valence-corrected chi connectivity index (χ3v) is 3.88. The van der Waals surface area contributed by atoms with Gasteiger partial charge in [0.25, 0.3) is 5.91 Å². The van der Waals surface area contributed by atoms with Gasteiger partial charge in [0, 0.05) is 23.8 Å². The van der Waals surface area contributed by atoms with Crippen LogP contribution in [0, 0.1) is 10.1 Å². The van der Waals surface area contributed by atoms with E-state index in [1.54, 1.807) is 29.9 Å². The molecule has 9 nitrogen and oxygen atoms in total. The van der Waals surface area contributed by atoms with Gasteiger partial charge in [-0.05, 0) is 24.6 Å². The molecule has 0 bridgehead atoms. The lowest BCUT2D eigenvalue weighted by molar-refractivity contribution is -0.385. The van der Waals surface area contributed by atoms with Gasteiger partial charge < -0.3 is 5.32 Å². The van der Waals surface area contributed by atoms with Gasteiger partial charge in [0.05, 0.1) is 11.5 Å². The van der Waals surface area contributed by atoms with Crippen LogP contribution in [0.15, 0.2) is 42.7 Å². The zero-order valence-corrected chi connectivity index (χ0v) is 14.6. The van der Waals surface area contributed by atoms with Crippen LogP contribution < -0.4 is 5.32 Å². The lowest BCUT2D eigenvalue weighted by Gasteiger charge is -2.05. The van der Waals surface area contributed by atoms with Crippen LogP contribution in [0.5, 0.6) is 0 Å². The number of hydrogen-bond donors (Lipinski definition) is 1. The highest BCUT2D eigenvalue weighted by Crippen LogP contribution is 2.19. The Morgan fingerprint density at radius 2 is 2.19 bits per heavy atom. The number of amides is 1. The van der Waals surface area contributed by atoms with Gasteiger partial charge in [-0.25, -0.2) is 0 Å². The molecule has 3 rings (SSSR count). The van der Waals surface area contributed by atoms with E-state index in [1.165, 1.54) is 4.68 Å². The quantitative estimate of drug-likeness (QED) is 0.527. The normalized spacial score (nSPS) is 10.7. The third-order valence-electron chi connectivity index (χ3n) is 3.65. The first-order valence-electron chi connectivity index (χ1n) is 7.77. The number of nitrogens with zero attached hydrogens (tertiary/aromatic N) is 5. The fourth-order valence-electron chi connectivity index (χ4n) is 2.50. The maximum Gasteiger partial charge on any atom is 0.320 e. The average molecular weight is 375 g/mol. The lowest BCUT2D eigenvalue weighted by Crippen LogP contribution is -2.19. The van der Waals surface area contributed by atoms with E-state index in [0.29, 0.717) is 18.1 Å². The maximum absolute atomic E-state index is 12.4. The van der Waals surface area contributed by atoms with Crippen LogP contribution >= 0.6 is 11.6 Å². The second-order valence-corrected chi connectivity index (χ2v) is 5.87. The highest BCUT2D eigenvalue weighted by atomic mass is 35.5. The predicted octanol–water partition coefficient (Wildman–Crippen LogP) is 2.96. The van der Waals surface area contributed by atoms with Crippen molar-refractivity contribution in [2.75, 3.05) is 5.32 Å². The van der Waals surface area contributed by atoms with Crippen molar-refractivity contribution in [1.82, 2.24) is 19.6 Å². The number of benzene rings is 1. The van der Waals surface area contributed by atoms with Gasteiger partial charge in [-0.3, -0.25) is 24.3 Å². The number of hydrogen-bond acceptors (Lipinski definition) is 5. The molecule has 2 heterocycles. The number of aromatic nitrogens is 4. The van der Waals surface area contributed by atoms with Crippen molar-refractivity contribution in [1.29, 1.82) is 0 Å². The van der Waals surface area contributed by atoms with Crippen molar-refractivity contribution in [3.8, 4) is 0 Å². The molecular formula is C16H15ClN6O3. The number of anilines is 1. The third kappa shape index (κ3) is 3.72. The highest BCUT2D eigenvalue weighted by molar-refractivity contribution is 6.30. The summed E-state index contributed by atoms with van der Waals surface area (Å²) in [6, 6.07) is 8.97. The van der Waals surface area contributed by atoms with E-state index in [-0.39, 0.29) is 17.2 Å². The van der Waals surface area contributed by atoms with Crippen LogP contribution in [0.1, 0.15) is 23.0 Å². The second kappa shape index (κ2) is 7.36. The summed E-state index contributed by atoms with van der Waals surface area (Å²) in [7, 11) is 0. The molecule has 134 valence electrons. The molecule has 0 aliphatic heterocycles. The molecule has 0 atom stereocenters. The van der Waals surface area contributed by atoms with E-state index in [1.807, 2.05) is 18.2 Å². The summed E-state index contributed by atoms with van der Waals surface area (Å²) >= 11 is 5.96. The molecule has 0 aliphatic carbocycles. The number of rotatable bonds is 6. The number of nitrogens with one attached hydrogen (secondary N) is 1. The summed E-state index contributed by atoms with van der Waals surface area (Å²) in [6.07, 6.45) is 2.76. The van der Waals surface area contributed by atoms with Crippen molar-refractivity contribution in [2.24, 2.45) is 0 Å². The number of carbonyl (C=O) groups excluding carboxylic acids is 1. The Morgan fingerprint density at radius 1 is 1.38 bits per heavy atom. The van der Waals surface area contributed by atoms with Gasteiger partial charge in [0.1, 0.15) is 6.20 Å². The molecule has 0 aliphatic rings. The van der Waals surface area contributed by atoms with E-state index in [4.69, 9.17) is 11.6 Å². The monoisotopic (exact) mass is 374 g/mol. The molecule has 2 aromatic heterocycles. The van der Waals surface area contributed by atoms with Crippen molar-refractivity contribution in [3.63, 3.8) is 0 Å². The van der Waals surface area contributed by atoms with Gasteiger partial charge >= 0.3 is 5.69 Å². The van der Waals surface area contributed by atoms with E-state index >= 15 is 0 Å². The van der Waals surface area contributed by atoms with Crippen molar-refractivity contribution in [2.45, 2.75) is 20.0 Å². The van der Waals surface area contributed by atoms with Crippen LogP contribution in [0.3, 0.4) is 0 Å². The lowest BCUT2D eigenvalue weighted by atomic mass is 10.2. The first kappa shape index (κ1) is 17.6. The minimum atomic E-state index is -0.635. The highest BCUT2D eigenvalue weighted by Gasteiger charge is 2.26. The van der Waals surface area contributed by atoms with Crippen LogP contribution in [0.25, 0.3) is 0 Å². The minimum Gasteiger partial charge on any atom is -0.304 e. The minimum absolute atomic E-state index is 0.109. The Bertz CT molecular complexity index is 965. The Kier molecular flexibility index (Phi) is 4.99. The van der Waals surface area contributed by atoms with Gasteiger partial charge in [0.2, 0.25) is 5.69 Å². The Labute approximate surface area is 153 Å². The Morgan fingerprint density at radius 3 is 2.88 bits per heavy atom. The first-order valence-corrected chi connectivity index (χ1v) is 8.15. The Balaban J connectivity index is 1.76. The Hall–Kier alpha value is -3.20. The second-order valence-electron chi connectivity index (χ2n) is 5.43. The predicted molar refractivity (Wildman–Crippen MR) is 95.3 cm³/mol. The summed E-state index contributed by atoms with van der Waals surface area (Å²) in [4.78, 5) is 22.9. The van der Waals surface area contributed by atoms with Gasteiger partial charge in [-0.1, -0.05) is 23.7 Å². The average Bonchev–Trinajstić information content (AvgIpc) is 3.21. The molecule has 0 fully saturated rings. The molecule has 1 amide bonds. The molecule has 3 aromatic rings. The van der Waals surface area contributed by atoms with Gasteiger partial charge in [-0.2, -0.15) is 10.2 Å². The van der Waals surface area contributed by atoms with Crippen molar-refractivity contribution in [3.05, 3.63) is 69.1 Å². The zero-order chi connectivity index (χ0) is 18.7. The summed E-state index contributed by atoms with van der Waals surface area (Å²) < 4.78 is 2.91. The molecule has 0 unspecified atom stereocenters. The molecule has 0 saturated carbocycles. The molecule has 26 heavy (non-hydrogen) atoms. The van der Waals surface area contributed by atoms with Crippen molar-refractivity contribution < 1.29 is 9.72 Å². The van der Waals surface area contributed by atoms with Crippen molar-refractivity contribution >= 4 is 29.0 Å². The molecule has 1 N–H and O–H groups in total. The van der Waals surface area contributed by atoms with E-state index < -0.39 is 10.8 Å². The van der Waals surface area contributed by atoms with E-state index in [2.05, 4.69) is 15.5 Å². The summed E-state index contributed by atoms with van der Waals surface area (Å²) in [5.74, 6) is -0.348. The molecule has 0 saturated heterocycles.